The second-order valence-electron chi connectivity index (χ2n) is 7.76. The van der Waals surface area contributed by atoms with Crippen LogP contribution in [0, 0.1) is 11.6 Å². The molecule has 1 fully saturated rings. The van der Waals surface area contributed by atoms with Crippen molar-refractivity contribution in [2.75, 3.05) is 5.32 Å². The molecule has 0 aliphatic heterocycles. The van der Waals surface area contributed by atoms with Crippen LogP contribution in [-0.2, 0) is 7.05 Å². The molecule has 0 unspecified atom stereocenters. The van der Waals surface area contributed by atoms with E-state index in [0.717, 1.165) is 6.07 Å². The van der Waals surface area contributed by atoms with Crippen molar-refractivity contribution in [3.05, 3.63) is 97.4 Å². The standard InChI is InChI=1S/C23H18F2N4O3/c1-27-19(30)12-18(26-17-10-7-13(24)11-16(17)25)20-21(27)28(14-5-3-2-4-6-14)23(32)29(22(20)31)15-8-9-15/h2-7,10-12,15,26H,8-9H2,1H3. The fourth-order valence-corrected chi connectivity index (χ4v) is 3.86. The molecule has 162 valence electrons. The summed E-state index contributed by atoms with van der Waals surface area (Å²) in [5, 5.41) is 2.81. The van der Waals surface area contributed by atoms with E-state index in [9.17, 15) is 23.2 Å². The Kier molecular flexibility index (Phi) is 4.54. The Bertz CT molecular complexity index is 1550. The number of nitrogens with one attached hydrogen (secondary N) is 1. The van der Waals surface area contributed by atoms with Gasteiger partial charge >= 0.3 is 5.69 Å². The van der Waals surface area contributed by atoms with Gasteiger partial charge in [0.2, 0.25) is 0 Å². The first kappa shape index (κ1) is 19.9. The molecular weight excluding hydrogens is 418 g/mol. The lowest BCUT2D eigenvalue weighted by Gasteiger charge is -2.19. The Labute approximate surface area is 179 Å². The van der Waals surface area contributed by atoms with E-state index in [2.05, 4.69) is 5.32 Å². The van der Waals surface area contributed by atoms with Crippen LogP contribution < -0.4 is 22.1 Å². The number of aromatic nitrogens is 3. The average molecular weight is 436 g/mol. The van der Waals surface area contributed by atoms with Gasteiger partial charge in [-0.3, -0.25) is 18.7 Å². The second kappa shape index (κ2) is 7.30. The van der Waals surface area contributed by atoms with Gasteiger partial charge in [0.1, 0.15) is 22.7 Å². The van der Waals surface area contributed by atoms with Gasteiger partial charge in [0.25, 0.3) is 11.1 Å². The van der Waals surface area contributed by atoms with Gasteiger partial charge in [-0.05, 0) is 37.1 Å². The molecule has 1 aliphatic rings. The number of pyridine rings is 1. The predicted molar refractivity (Wildman–Crippen MR) is 117 cm³/mol. The highest BCUT2D eigenvalue weighted by atomic mass is 19.1. The number of anilines is 2. The van der Waals surface area contributed by atoms with Gasteiger partial charge in [-0.25, -0.2) is 18.1 Å². The molecule has 0 spiro atoms. The van der Waals surface area contributed by atoms with Crippen molar-refractivity contribution in [3.8, 4) is 5.69 Å². The summed E-state index contributed by atoms with van der Waals surface area (Å²) in [5.74, 6) is -1.63. The van der Waals surface area contributed by atoms with Gasteiger partial charge in [-0.2, -0.15) is 0 Å². The third-order valence-corrected chi connectivity index (χ3v) is 5.58. The smallest absolute Gasteiger partial charge is 0.337 e. The molecule has 0 radical (unpaired) electrons. The maximum Gasteiger partial charge on any atom is 0.337 e. The van der Waals surface area contributed by atoms with E-state index in [1.807, 2.05) is 0 Å². The van der Waals surface area contributed by atoms with Crippen molar-refractivity contribution in [2.24, 2.45) is 7.05 Å². The monoisotopic (exact) mass is 436 g/mol. The molecule has 2 heterocycles. The lowest BCUT2D eigenvalue weighted by molar-refractivity contribution is 0.586. The Hall–Kier alpha value is -4.01. The topological polar surface area (TPSA) is 78.0 Å². The number of halogens is 2. The zero-order valence-electron chi connectivity index (χ0n) is 17.0. The Morgan fingerprint density at radius 3 is 2.31 bits per heavy atom. The van der Waals surface area contributed by atoms with Crippen molar-refractivity contribution in [1.29, 1.82) is 0 Å². The van der Waals surface area contributed by atoms with E-state index >= 15 is 0 Å². The minimum absolute atomic E-state index is 0.0395. The summed E-state index contributed by atoms with van der Waals surface area (Å²) in [6, 6.07) is 12.6. The van der Waals surface area contributed by atoms with Crippen LogP contribution in [0.25, 0.3) is 16.7 Å². The van der Waals surface area contributed by atoms with E-state index in [1.165, 1.54) is 32.9 Å². The average Bonchev–Trinajstić information content (AvgIpc) is 3.59. The van der Waals surface area contributed by atoms with Gasteiger partial charge in [0, 0.05) is 25.2 Å². The fourth-order valence-electron chi connectivity index (χ4n) is 3.86. The van der Waals surface area contributed by atoms with Crippen LogP contribution in [-0.4, -0.2) is 13.7 Å². The van der Waals surface area contributed by atoms with Crippen LogP contribution in [0.4, 0.5) is 20.2 Å². The largest absolute Gasteiger partial charge is 0.352 e. The lowest BCUT2D eigenvalue weighted by atomic mass is 10.2. The van der Waals surface area contributed by atoms with E-state index in [0.29, 0.717) is 24.6 Å². The number of hydrogen-bond acceptors (Lipinski definition) is 4. The molecule has 0 bridgehead atoms. The molecule has 1 aliphatic carbocycles. The molecule has 0 amide bonds. The molecule has 32 heavy (non-hydrogen) atoms. The maximum atomic E-state index is 14.3. The first-order chi connectivity index (χ1) is 15.4. The highest BCUT2D eigenvalue weighted by molar-refractivity contribution is 5.91. The number of rotatable bonds is 4. The molecule has 9 heteroatoms. The number of benzene rings is 2. The van der Waals surface area contributed by atoms with Crippen LogP contribution >= 0.6 is 0 Å². The minimum Gasteiger partial charge on any atom is -0.352 e. The molecule has 0 atom stereocenters. The molecule has 1 N–H and O–H groups in total. The van der Waals surface area contributed by atoms with E-state index < -0.39 is 28.4 Å². The molecule has 7 nitrogen and oxygen atoms in total. The Morgan fingerprint density at radius 2 is 1.66 bits per heavy atom. The maximum absolute atomic E-state index is 14.3. The summed E-state index contributed by atoms with van der Waals surface area (Å²) < 4.78 is 31.4. The normalized spacial score (nSPS) is 13.5. The number of nitrogens with zero attached hydrogens (tertiary/aromatic N) is 3. The van der Waals surface area contributed by atoms with E-state index in [1.54, 1.807) is 30.3 Å². The fraction of sp³-hybridized carbons (Fsp3) is 0.174. The first-order valence-electron chi connectivity index (χ1n) is 10.1. The zero-order chi connectivity index (χ0) is 22.6. The summed E-state index contributed by atoms with van der Waals surface area (Å²) in [6.45, 7) is 0. The van der Waals surface area contributed by atoms with Crippen molar-refractivity contribution in [1.82, 2.24) is 13.7 Å². The summed E-state index contributed by atoms with van der Waals surface area (Å²) in [7, 11) is 1.46. The summed E-state index contributed by atoms with van der Waals surface area (Å²) in [5.41, 5.74) is -1.11. The number of fused-ring (bicyclic) bond motifs is 1. The summed E-state index contributed by atoms with van der Waals surface area (Å²) >= 11 is 0. The van der Waals surface area contributed by atoms with E-state index in [-0.39, 0.29) is 28.5 Å². The third kappa shape index (κ3) is 3.13. The molecule has 2 aromatic carbocycles. The first-order valence-corrected chi connectivity index (χ1v) is 10.1. The Balaban J connectivity index is 1.90. The molecular formula is C23H18F2N4O3. The van der Waals surface area contributed by atoms with E-state index in [4.69, 9.17) is 0 Å². The lowest BCUT2D eigenvalue weighted by Crippen LogP contribution is -2.41. The predicted octanol–water partition coefficient (Wildman–Crippen LogP) is 3.21. The van der Waals surface area contributed by atoms with Crippen molar-refractivity contribution in [3.63, 3.8) is 0 Å². The molecule has 1 saturated carbocycles. The van der Waals surface area contributed by atoms with Crippen molar-refractivity contribution in [2.45, 2.75) is 18.9 Å². The van der Waals surface area contributed by atoms with Gasteiger partial charge in [-0.15, -0.1) is 0 Å². The molecule has 0 saturated heterocycles. The summed E-state index contributed by atoms with van der Waals surface area (Å²) in [6.07, 6.45) is 1.38. The summed E-state index contributed by atoms with van der Waals surface area (Å²) in [4.78, 5) is 39.6. The van der Waals surface area contributed by atoms with Crippen LogP contribution in [0.15, 0.2) is 69.0 Å². The molecule has 4 aromatic rings. The SMILES string of the molecule is Cn1c(=O)cc(Nc2ccc(F)cc2F)c2c(=O)n(C3CC3)c(=O)n(-c3ccccc3)c21. The van der Waals surface area contributed by atoms with Crippen molar-refractivity contribution < 1.29 is 8.78 Å². The minimum atomic E-state index is -0.877. The Morgan fingerprint density at radius 1 is 0.938 bits per heavy atom. The van der Waals surface area contributed by atoms with Gasteiger partial charge in [0.15, 0.2) is 0 Å². The van der Waals surface area contributed by atoms with Gasteiger partial charge in [0.05, 0.1) is 17.1 Å². The van der Waals surface area contributed by atoms with Crippen LogP contribution in [0.3, 0.4) is 0 Å². The quantitative estimate of drug-likeness (QED) is 0.533. The zero-order valence-corrected chi connectivity index (χ0v) is 17.0. The number of para-hydroxylation sites is 1. The van der Waals surface area contributed by atoms with Gasteiger partial charge in [-0.1, -0.05) is 18.2 Å². The molecule has 2 aromatic heterocycles. The number of aryl methyl sites for hydroxylation is 1. The third-order valence-electron chi connectivity index (χ3n) is 5.58. The van der Waals surface area contributed by atoms with Crippen LogP contribution in [0.5, 0.6) is 0 Å². The van der Waals surface area contributed by atoms with Crippen LogP contribution in [0.2, 0.25) is 0 Å². The van der Waals surface area contributed by atoms with Gasteiger partial charge < -0.3 is 5.32 Å². The van der Waals surface area contributed by atoms with Crippen LogP contribution in [0.1, 0.15) is 18.9 Å². The molecule has 5 rings (SSSR count). The number of hydrogen-bond donors (Lipinski definition) is 1. The highest BCUT2D eigenvalue weighted by Crippen LogP contribution is 2.33. The highest BCUT2D eigenvalue weighted by Gasteiger charge is 2.31. The second-order valence-corrected chi connectivity index (χ2v) is 7.76. The van der Waals surface area contributed by atoms with Crippen molar-refractivity contribution >= 4 is 22.4 Å².